The smallest absolute Gasteiger partial charge is 0.346 e. The molecule has 0 radical (unpaired) electrons. The molecule has 0 saturated carbocycles. The number of benzene rings is 2. The van der Waals surface area contributed by atoms with Gasteiger partial charge in [-0.3, -0.25) is 0 Å². The average Bonchev–Trinajstić information content (AvgIpc) is 2.71. The monoisotopic (exact) mass is 414 g/mol. The number of hydrogen-bond acceptors (Lipinski definition) is 5. The number of esters is 2. The molecule has 0 bridgehead atoms. The van der Waals surface area contributed by atoms with Crippen LogP contribution in [0.25, 0.3) is 0 Å². The largest absolute Gasteiger partial charge is 0.466 e. The van der Waals surface area contributed by atoms with Crippen LogP contribution in [0.1, 0.15) is 34.6 Å². The van der Waals surface area contributed by atoms with Gasteiger partial charge in [-0.25, -0.2) is 9.59 Å². The summed E-state index contributed by atoms with van der Waals surface area (Å²) in [6.45, 7) is 9.56. The predicted octanol–water partition coefficient (Wildman–Crippen LogP) is 3.06. The van der Waals surface area contributed by atoms with E-state index in [1.54, 1.807) is 6.92 Å². The van der Waals surface area contributed by atoms with E-state index in [1.165, 1.54) is 14.0 Å². The SMILES string of the molecule is COC(=O)[C@@H](C)OC(=O)[C@H](C)O[Si](c1ccccc1)(c1ccccc1)C(C)(C)C. The van der Waals surface area contributed by atoms with E-state index >= 15 is 0 Å². The van der Waals surface area contributed by atoms with Crippen LogP contribution < -0.4 is 10.4 Å². The van der Waals surface area contributed by atoms with Crippen molar-refractivity contribution in [1.82, 2.24) is 0 Å². The highest BCUT2D eigenvalue weighted by Crippen LogP contribution is 2.37. The number of methoxy groups -OCH3 is 1. The molecule has 2 aromatic rings. The summed E-state index contributed by atoms with van der Waals surface area (Å²) in [6, 6.07) is 20.1. The van der Waals surface area contributed by atoms with E-state index in [-0.39, 0.29) is 5.04 Å². The summed E-state index contributed by atoms with van der Waals surface area (Å²) < 4.78 is 16.6. The average molecular weight is 415 g/mol. The molecule has 2 atom stereocenters. The molecular formula is C23H30O5Si. The lowest BCUT2D eigenvalue weighted by atomic mass is 10.2. The summed E-state index contributed by atoms with van der Waals surface area (Å²) in [5.74, 6) is -1.19. The molecular weight excluding hydrogens is 384 g/mol. The van der Waals surface area contributed by atoms with Crippen LogP contribution >= 0.6 is 0 Å². The van der Waals surface area contributed by atoms with Gasteiger partial charge in [-0.05, 0) is 29.3 Å². The number of hydrogen-bond donors (Lipinski definition) is 0. The molecule has 0 aliphatic rings. The van der Waals surface area contributed by atoms with Crippen LogP contribution in [0.4, 0.5) is 0 Å². The van der Waals surface area contributed by atoms with Crippen LogP contribution in [0.3, 0.4) is 0 Å². The van der Waals surface area contributed by atoms with E-state index in [1.807, 2.05) is 36.4 Å². The fourth-order valence-electron chi connectivity index (χ4n) is 3.49. The standard InChI is InChI=1S/C23H30O5Si/c1-17(21(24)26-6)27-22(25)18(2)28-29(23(3,4)5,19-13-9-7-10-14-19)20-15-11-8-12-16-20/h7-18H,1-6H3/t17-,18+/m1/s1. The number of carbonyl (C=O) groups is 2. The Morgan fingerprint density at radius 1 is 0.793 bits per heavy atom. The van der Waals surface area contributed by atoms with Gasteiger partial charge in [0.25, 0.3) is 8.32 Å². The van der Waals surface area contributed by atoms with Gasteiger partial charge in [0.1, 0.15) is 6.10 Å². The van der Waals surface area contributed by atoms with Gasteiger partial charge in [0.05, 0.1) is 7.11 Å². The molecule has 0 unspecified atom stereocenters. The Morgan fingerprint density at radius 3 is 1.62 bits per heavy atom. The van der Waals surface area contributed by atoms with Crippen LogP contribution in [-0.2, 0) is 23.5 Å². The van der Waals surface area contributed by atoms with E-state index < -0.39 is 32.5 Å². The Bertz CT molecular complexity index is 775. The van der Waals surface area contributed by atoms with Crippen molar-refractivity contribution in [3.8, 4) is 0 Å². The van der Waals surface area contributed by atoms with E-state index in [2.05, 4.69) is 49.8 Å². The van der Waals surface area contributed by atoms with Crippen molar-refractivity contribution >= 4 is 30.6 Å². The molecule has 0 saturated heterocycles. The molecule has 29 heavy (non-hydrogen) atoms. The highest BCUT2D eigenvalue weighted by atomic mass is 28.4. The summed E-state index contributed by atoms with van der Waals surface area (Å²) >= 11 is 0. The van der Waals surface area contributed by atoms with Crippen molar-refractivity contribution in [2.75, 3.05) is 7.11 Å². The van der Waals surface area contributed by atoms with Crippen molar-refractivity contribution in [2.45, 2.75) is 51.9 Å². The lowest BCUT2D eigenvalue weighted by Crippen LogP contribution is -2.68. The van der Waals surface area contributed by atoms with E-state index in [0.29, 0.717) is 0 Å². The highest BCUT2D eigenvalue weighted by Gasteiger charge is 2.52. The maximum atomic E-state index is 12.7. The Labute approximate surface area is 174 Å². The van der Waals surface area contributed by atoms with Gasteiger partial charge in [-0.15, -0.1) is 0 Å². The molecule has 5 nitrogen and oxygen atoms in total. The highest BCUT2D eigenvalue weighted by molar-refractivity contribution is 6.99. The van der Waals surface area contributed by atoms with Crippen LogP contribution in [0.15, 0.2) is 60.7 Å². The molecule has 0 fully saturated rings. The van der Waals surface area contributed by atoms with Gasteiger partial charge < -0.3 is 13.9 Å². The van der Waals surface area contributed by atoms with Crippen molar-refractivity contribution < 1.29 is 23.5 Å². The van der Waals surface area contributed by atoms with Crippen molar-refractivity contribution in [1.29, 1.82) is 0 Å². The Hall–Kier alpha value is -2.44. The number of carbonyl (C=O) groups excluding carboxylic acids is 2. The predicted molar refractivity (Wildman–Crippen MR) is 116 cm³/mol. The fraction of sp³-hybridized carbons (Fsp3) is 0.391. The van der Waals surface area contributed by atoms with E-state index in [4.69, 9.17) is 9.16 Å². The van der Waals surface area contributed by atoms with Gasteiger partial charge in [0, 0.05) is 0 Å². The van der Waals surface area contributed by atoms with Crippen LogP contribution in [0, 0.1) is 0 Å². The molecule has 0 aliphatic carbocycles. The second-order valence-corrected chi connectivity index (χ2v) is 12.3. The Kier molecular flexibility index (Phi) is 7.38. The number of rotatable bonds is 7. The zero-order valence-electron chi connectivity index (χ0n) is 18.0. The summed E-state index contributed by atoms with van der Waals surface area (Å²) in [6.07, 6.45) is -1.84. The molecule has 2 aromatic carbocycles. The maximum absolute atomic E-state index is 12.7. The van der Waals surface area contributed by atoms with Crippen LogP contribution in [0.5, 0.6) is 0 Å². The van der Waals surface area contributed by atoms with Gasteiger partial charge in [0.15, 0.2) is 6.10 Å². The fourth-order valence-corrected chi connectivity index (χ4v) is 8.13. The van der Waals surface area contributed by atoms with E-state index in [9.17, 15) is 9.59 Å². The third-order valence-corrected chi connectivity index (χ3v) is 10.0. The Balaban J connectivity index is 2.48. The summed E-state index contributed by atoms with van der Waals surface area (Å²) in [7, 11) is -1.62. The minimum Gasteiger partial charge on any atom is -0.466 e. The second-order valence-electron chi connectivity index (χ2n) is 8.03. The maximum Gasteiger partial charge on any atom is 0.346 e. The van der Waals surface area contributed by atoms with Crippen LogP contribution in [0.2, 0.25) is 5.04 Å². The third-order valence-electron chi connectivity index (χ3n) is 4.93. The van der Waals surface area contributed by atoms with Crippen molar-refractivity contribution in [3.05, 3.63) is 60.7 Å². The zero-order valence-corrected chi connectivity index (χ0v) is 19.0. The Morgan fingerprint density at radius 2 is 1.24 bits per heavy atom. The first-order valence-corrected chi connectivity index (χ1v) is 11.6. The third kappa shape index (κ3) is 4.94. The lowest BCUT2D eigenvalue weighted by molar-refractivity contribution is -0.169. The van der Waals surface area contributed by atoms with Gasteiger partial charge in [-0.1, -0.05) is 81.4 Å². The first kappa shape index (κ1) is 22.8. The topological polar surface area (TPSA) is 61.8 Å². The minimum atomic E-state index is -2.88. The second kappa shape index (κ2) is 9.37. The van der Waals surface area contributed by atoms with Gasteiger partial charge >= 0.3 is 11.9 Å². The molecule has 0 aliphatic heterocycles. The summed E-state index contributed by atoms with van der Waals surface area (Å²) in [5.41, 5.74) is 0. The quantitative estimate of drug-likeness (QED) is 0.515. The molecule has 0 amide bonds. The lowest BCUT2D eigenvalue weighted by Gasteiger charge is -2.44. The number of ether oxygens (including phenoxy) is 2. The summed E-state index contributed by atoms with van der Waals surface area (Å²) in [4.78, 5) is 24.3. The molecule has 0 N–H and O–H groups in total. The van der Waals surface area contributed by atoms with Crippen molar-refractivity contribution in [2.24, 2.45) is 0 Å². The first-order valence-electron chi connectivity index (χ1n) is 9.70. The molecule has 2 rings (SSSR count). The molecule has 6 heteroatoms. The van der Waals surface area contributed by atoms with E-state index in [0.717, 1.165) is 10.4 Å². The van der Waals surface area contributed by atoms with Gasteiger partial charge in [-0.2, -0.15) is 0 Å². The van der Waals surface area contributed by atoms with Gasteiger partial charge in [0.2, 0.25) is 0 Å². The van der Waals surface area contributed by atoms with Crippen LogP contribution in [-0.4, -0.2) is 39.6 Å². The molecule has 0 heterocycles. The molecule has 156 valence electrons. The minimum absolute atomic E-state index is 0.266. The first-order chi connectivity index (χ1) is 13.6. The molecule has 0 aromatic heterocycles. The molecule has 0 spiro atoms. The van der Waals surface area contributed by atoms with Crippen molar-refractivity contribution in [3.63, 3.8) is 0 Å². The summed E-state index contributed by atoms with van der Waals surface area (Å²) in [5, 5.41) is 1.87. The normalized spacial score (nSPS) is 14.0. The zero-order chi connectivity index (χ0) is 21.7.